The molecule has 0 saturated heterocycles. The number of allylic oxidation sites excluding steroid dienone is 1. The van der Waals surface area contributed by atoms with E-state index in [9.17, 15) is 8.78 Å². The van der Waals surface area contributed by atoms with Gasteiger partial charge in [0.1, 0.15) is 5.82 Å². The molecule has 0 aliphatic heterocycles. The molecule has 0 atom stereocenters. The molecule has 1 aliphatic carbocycles. The summed E-state index contributed by atoms with van der Waals surface area (Å²) in [5, 5.41) is 0. The molecule has 1 aliphatic rings. The van der Waals surface area contributed by atoms with Crippen molar-refractivity contribution in [2.45, 2.75) is 96.3 Å². The molecule has 3 aromatic carbocycles. The van der Waals surface area contributed by atoms with Crippen LogP contribution < -0.4 is 0 Å². The lowest BCUT2D eigenvalue weighted by Crippen LogP contribution is -2.13. The summed E-state index contributed by atoms with van der Waals surface area (Å²) in [5.74, 6) is -0.609. The second-order valence-electron chi connectivity index (χ2n) is 11.3. The largest absolute Gasteiger partial charge is 0.206 e. The van der Waals surface area contributed by atoms with Crippen LogP contribution in [0.5, 0.6) is 0 Å². The van der Waals surface area contributed by atoms with Crippen molar-refractivity contribution in [3.63, 3.8) is 0 Å². The maximum absolute atomic E-state index is 15.2. The number of halogens is 3. The molecule has 0 nitrogen and oxygen atoms in total. The van der Waals surface area contributed by atoms with Crippen LogP contribution in [0.25, 0.3) is 22.3 Å². The Hall–Kier alpha value is -2.81. The minimum absolute atomic E-state index is 0.231. The van der Waals surface area contributed by atoms with Crippen LogP contribution in [0.1, 0.15) is 101 Å². The van der Waals surface area contributed by atoms with Crippen LogP contribution in [0.2, 0.25) is 0 Å². The summed E-state index contributed by atoms with van der Waals surface area (Å²) in [5.41, 5.74) is 3.61. The Bertz CT molecular complexity index is 1200. The van der Waals surface area contributed by atoms with Gasteiger partial charge in [-0.1, -0.05) is 93.6 Å². The van der Waals surface area contributed by atoms with E-state index in [0.29, 0.717) is 29.0 Å². The average Bonchev–Trinajstić information content (AvgIpc) is 2.96. The molecular weight excluding hydrogens is 489 g/mol. The maximum Gasteiger partial charge on any atom is 0.166 e. The van der Waals surface area contributed by atoms with Crippen molar-refractivity contribution in [3.05, 3.63) is 95.8 Å². The van der Waals surface area contributed by atoms with Gasteiger partial charge in [-0.15, -0.1) is 6.58 Å². The fourth-order valence-electron chi connectivity index (χ4n) is 6.09. The van der Waals surface area contributed by atoms with Gasteiger partial charge in [-0.2, -0.15) is 0 Å². The molecule has 0 N–H and O–H groups in total. The van der Waals surface area contributed by atoms with E-state index in [1.807, 2.05) is 12.1 Å². The molecule has 4 rings (SSSR count). The molecule has 0 aromatic heterocycles. The molecule has 0 heterocycles. The fraction of sp³-hybridized carbons (Fsp3) is 0.444. The summed E-state index contributed by atoms with van der Waals surface area (Å²) in [4.78, 5) is 0. The Morgan fingerprint density at radius 3 is 2.05 bits per heavy atom. The first kappa shape index (κ1) is 29.2. The number of benzene rings is 3. The van der Waals surface area contributed by atoms with Gasteiger partial charge in [0.05, 0.1) is 0 Å². The van der Waals surface area contributed by atoms with Gasteiger partial charge in [-0.3, -0.25) is 0 Å². The Kier molecular flexibility index (Phi) is 10.9. The van der Waals surface area contributed by atoms with Crippen molar-refractivity contribution >= 4 is 0 Å². The fourth-order valence-corrected chi connectivity index (χ4v) is 6.09. The number of unbranched alkanes of at least 4 members (excludes halogenated alkanes) is 5. The van der Waals surface area contributed by atoms with Crippen LogP contribution >= 0.6 is 0 Å². The Morgan fingerprint density at radius 1 is 0.744 bits per heavy atom. The van der Waals surface area contributed by atoms with E-state index in [1.54, 1.807) is 42.5 Å². The minimum Gasteiger partial charge on any atom is -0.206 e. The number of aryl methyl sites for hydroxylation is 1. The molecule has 1 saturated carbocycles. The van der Waals surface area contributed by atoms with Gasteiger partial charge in [0.2, 0.25) is 0 Å². The molecule has 0 unspecified atom stereocenters. The molecule has 0 spiro atoms. The monoisotopic (exact) mass is 532 g/mol. The van der Waals surface area contributed by atoms with E-state index in [1.165, 1.54) is 38.5 Å². The van der Waals surface area contributed by atoms with E-state index in [4.69, 9.17) is 0 Å². The first-order valence-electron chi connectivity index (χ1n) is 15.0. The smallest absolute Gasteiger partial charge is 0.166 e. The first-order chi connectivity index (χ1) is 19.0. The third-order valence-electron chi connectivity index (χ3n) is 8.56. The van der Waals surface area contributed by atoms with Crippen LogP contribution in [0.3, 0.4) is 0 Å². The number of hydrogen-bond acceptors (Lipinski definition) is 0. The highest BCUT2D eigenvalue weighted by molar-refractivity contribution is 5.71. The zero-order valence-corrected chi connectivity index (χ0v) is 23.5. The van der Waals surface area contributed by atoms with Crippen molar-refractivity contribution in [1.82, 2.24) is 0 Å². The normalized spacial score (nSPS) is 17.3. The number of rotatable bonds is 13. The first-order valence-corrected chi connectivity index (χ1v) is 15.0. The van der Waals surface area contributed by atoms with Crippen LogP contribution in [-0.2, 0) is 6.42 Å². The van der Waals surface area contributed by atoms with Crippen LogP contribution in [0, 0.1) is 23.4 Å². The van der Waals surface area contributed by atoms with Gasteiger partial charge >= 0.3 is 0 Å². The highest BCUT2D eigenvalue weighted by atomic mass is 19.2. The third kappa shape index (κ3) is 7.65. The Balaban J connectivity index is 1.39. The summed E-state index contributed by atoms with van der Waals surface area (Å²) < 4.78 is 45.0. The molecule has 1 fully saturated rings. The summed E-state index contributed by atoms with van der Waals surface area (Å²) in [6, 6.07) is 16.1. The minimum atomic E-state index is -0.805. The molecule has 208 valence electrons. The highest BCUT2D eigenvalue weighted by Crippen LogP contribution is 2.39. The van der Waals surface area contributed by atoms with Gasteiger partial charge in [-0.25, -0.2) is 13.2 Å². The van der Waals surface area contributed by atoms with Gasteiger partial charge < -0.3 is 0 Å². The van der Waals surface area contributed by atoms with Crippen LogP contribution in [0.4, 0.5) is 13.2 Å². The SMILES string of the molecule is C=CCCC1CCC(c2ccc(-c3ccc(-c4ccc(CCCCCCCC)c(F)c4F)cc3)c(F)c2)CC1. The van der Waals surface area contributed by atoms with Crippen LogP contribution in [0.15, 0.2) is 67.3 Å². The lowest BCUT2D eigenvalue weighted by atomic mass is 9.77. The molecule has 0 bridgehead atoms. The van der Waals surface area contributed by atoms with Gasteiger partial charge in [0, 0.05) is 11.1 Å². The predicted molar refractivity (Wildman–Crippen MR) is 158 cm³/mol. The van der Waals surface area contributed by atoms with Crippen molar-refractivity contribution < 1.29 is 13.2 Å². The highest BCUT2D eigenvalue weighted by Gasteiger charge is 2.23. The Labute approximate surface area is 233 Å². The van der Waals surface area contributed by atoms with Crippen molar-refractivity contribution in [2.75, 3.05) is 0 Å². The molecular formula is C36H43F3. The number of hydrogen-bond donors (Lipinski definition) is 0. The summed E-state index contributed by atoms with van der Waals surface area (Å²) in [7, 11) is 0. The van der Waals surface area contributed by atoms with Crippen molar-refractivity contribution in [3.8, 4) is 22.3 Å². The summed E-state index contributed by atoms with van der Waals surface area (Å²) in [6.45, 7) is 6.01. The van der Waals surface area contributed by atoms with Crippen LogP contribution in [-0.4, -0.2) is 0 Å². The third-order valence-corrected chi connectivity index (χ3v) is 8.56. The van der Waals surface area contributed by atoms with Gasteiger partial charge in [-0.05, 0) is 91.5 Å². The van der Waals surface area contributed by atoms with Gasteiger partial charge in [0.25, 0.3) is 0 Å². The Morgan fingerprint density at radius 2 is 1.38 bits per heavy atom. The standard InChI is InChI=1S/C36H43F3/c1-3-5-7-8-9-10-12-30-21-24-33(36(39)35(30)38)29-19-17-28(18-20-29)32-23-22-31(25-34(32)37)27-15-13-26(14-16-27)11-6-4-2/h4,17-27H,2-3,5-16H2,1H3. The quantitative estimate of drug-likeness (QED) is 0.152. The molecule has 0 amide bonds. The molecule has 39 heavy (non-hydrogen) atoms. The summed E-state index contributed by atoms with van der Waals surface area (Å²) in [6.07, 6.45) is 16.1. The lowest BCUT2D eigenvalue weighted by molar-refractivity contribution is 0.311. The van der Waals surface area contributed by atoms with E-state index < -0.39 is 11.6 Å². The van der Waals surface area contributed by atoms with E-state index in [-0.39, 0.29) is 11.4 Å². The van der Waals surface area contributed by atoms with E-state index in [2.05, 4.69) is 19.6 Å². The predicted octanol–water partition coefficient (Wildman–Crippen LogP) is 11.6. The average molecular weight is 533 g/mol. The van der Waals surface area contributed by atoms with Crippen molar-refractivity contribution in [1.29, 1.82) is 0 Å². The molecule has 0 radical (unpaired) electrons. The topological polar surface area (TPSA) is 0 Å². The molecule has 3 aromatic rings. The van der Waals surface area contributed by atoms with E-state index >= 15 is 4.39 Å². The zero-order valence-electron chi connectivity index (χ0n) is 23.5. The summed E-state index contributed by atoms with van der Waals surface area (Å²) >= 11 is 0. The van der Waals surface area contributed by atoms with Gasteiger partial charge in [0.15, 0.2) is 11.6 Å². The molecule has 3 heteroatoms. The van der Waals surface area contributed by atoms with Crippen molar-refractivity contribution in [2.24, 2.45) is 5.92 Å². The lowest BCUT2D eigenvalue weighted by Gasteiger charge is -2.28. The second-order valence-corrected chi connectivity index (χ2v) is 11.3. The second kappa shape index (κ2) is 14.5. The van der Waals surface area contributed by atoms with E-state index in [0.717, 1.165) is 55.6 Å². The maximum atomic E-state index is 15.2. The zero-order chi connectivity index (χ0) is 27.6.